The van der Waals surface area contributed by atoms with E-state index in [0.717, 1.165) is 29.8 Å². The van der Waals surface area contributed by atoms with Crippen LogP contribution in [-0.4, -0.2) is 29.7 Å². The van der Waals surface area contributed by atoms with Crippen LogP contribution in [0, 0.1) is 6.92 Å². The molecule has 6 nitrogen and oxygen atoms in total. The number of nitrogens with one attached hydrogen (secondary N) is 1. The maximum Gasteiger partial charge on any atom is 0.244 e. The molecule has 0 spiro atoms. The van der Waals surface area contributed by atoms with Crippen LogP contribution in [0.3, 0.4) is 0 Å². The van der Waals surface area contributed by atoms with Gasteiger partial charge in [-0.05, 0) is 43.0 Å². The maximum atomic E-state index is 12.5. The lowest BCUT2D eigenvalue weighted by Gasteiger charge is -2.14. The van der Waals surface area contributed by atoms with Gasteiger partial charge in [0.05, 0.1) is 38.0 Å². The number of fused-ring (bicyclic) bond motifs is 1. The second kappa shape index (κ2) is 8.45. The van der Waals surface area contributed by atoms with Crippen molar-refractivity contribution in [3.63, 3.8) is 0 Å². The average molecular weight is 403 g/mol. The number of ether oxygens (including phenoxy) is 2. The highest BCUT2D eigenvalue weighted by molar-refractivity contribution is 5.92. The number of carbonyl (C=O) groups is 1. The number of benzene rings is 2. The molecule has 1 aliphatic rings. The van der Waals surface area contributed by atoms with Crippen molar-refractivity contribution in [1.82, 2.24) is 14.9 Å². The molecule has 6 heteroatoms. The van der Waals surface area contributed by atoms with Crippen molar-refractivity contribution in [2.24, 2.45) is 0 Å². The molecular formula is C24H25N3O3. The molecule has 1 amide bonds. The van der Waals surface area contributed by atoms with Crippen molar-refractivity contribution in [3.8, 4) is 17.2 Å². The summed E-state index contributed by atoms with van der Waals surface area (Å²) in [5.74, 6) is 1.18. The molecule has 4 rings (SSSR count). The Labute approximate surface area is 176 Å². The van der Waals surface area contributed by atoms with Gasteiger partial charge in [-0.1, -0.05) is 24.3 Å². The number of amides is 1. The fraction of sp³-hybridized carbons (Fsp3) is 0.250. The first-order chi connectivity index (χ1) is 14.6. The van der Waals surface area contributed by atoms with Crippen LogP contribution in [0.2, 0.25) is 0 Å². The first-order valence-corrected chi connectivity index (χ1v) is 9.92. The van der Waals surface area contributed by atoms with E-state index < -0.39 is 0 Å². The Bertz CT molecular complexity index is 1100. The van der Waals surface area contributed by atoms with E-state index in [1.807, 2.05) is 42.0 Å². The Morgan fingerprint density at radius 3 is 2.73 bits per heavy atom. The van der Waals surface area contributed by atoms with Gasteiger partial charge in [-0.3, -0.25) is 4.79 Å². The van der Waals surface area contributed by atoms with Crippen molar-refractivity contribution >= 4 is 12.0 Å². The monoisotopic (exact) mass is 403 g/mol. The van der Waals surface area contributed by atoms with Crippen molar-refractivity contribution in [2.45, 2.75) is 25.8 Å². The van der Waals surface area contributed by atoms with Gasteiger partial charge >= 0.3 is 0 Å². The number of nitrogens with zero attached hydrogens (tertiary/aromatic N) is 2. The lowest BCUT2D eigenvalue weighted by atomic mass is 10.1. The first kappa shape index (κ1) is 19.8. The van der Waals surface area contributed by atoms with E-state index in [-0.39, 0.29) is 11.9 Å². The van der Waals surface area contributed by atoms with Gasteiger partial charge in [-0.25, -0.2) is 4.98 Å². The quantitative estimate of drug-likeness (QED) is 0.632. The molecule has 0 saturated carbocycles. The molecule has 0 fully saturated rings. The maximum absolute atomic E-state index is 12.5. The van der Waals surface area contributed by atoms with E-state index in [1.54, 1.807) is 32.7 Å². The van der Waals surface area contributed by atoms with Gasteiger partial charge in [0.25, 0.3) is 0 Å². The summed E-state index contributed by atoms with van der Waals surface area (Å²) in [5, 5.41) is 3.10. The van der Waals surface area contributed by atoms with Crippen LogP contribution >= 0.6 is 0 Å². The fourth-order valence-electron chi connectivity index (χ4n) is 3.88. The Balaban J connectivity index is 1.55. The molecule has 1 aliphatic carbocycles. The molecule has 3 aromatic rings. The molecule has 30 heavy (non-hydrogen) atoms. The van der Waals surface area contributed by atoms with Crippen LogP contribution < -0.4 is 14.8 Å². The summed E-state index contributed by atoms with van der Waals surface area (Å²) in [6, 6.07) is 12.1. The van der Waals surface area contributed by atoms with Gasteiger partial charge in [0.1, 0.15) is 11.5 Å². The van der Waals surface area contributed by atoms with Crippen LogP contribution in [0.5, 0.6) is 11.5 Å². The molecule has 1 heterocycles. The number of imidazole rings is 1. The van der Waals surface area contributed by atoms with Gasteiger partial charge in [-0.2, -0.15) is 0 Å². The Hall–Kier alpha value is -3.54. The third-order valence-electron chi connectivity index (χ3n) is 5.38. The summed E-state index contributed by atoms with van der Waals surface area (Å²) in [6.07, 6.45) is 8.86. The topological polar surface area (TPSA) is 65.4 Å². The van der Waals surface area contributed by atoms with E-state index in [0.29, 0.717) is 11.5 Å². The standard InChI is InChI=1S/C24H25N3O3/c1-16-14-27(15-25-16)21-13-22(29-2)18(12-23(21)30-3)9-11-24(28)26-20-10-8-17-6-4-5-7-19(17)20/h4-7,9,11-15,20H,8,10H2,1-3H3,(H,26,28). The Kier molecular flexibility index (Phi) is 5.57. The number of hydrogen-bond donors (Lipinski definition) is 1. The van der Waals surface area contributed by atoms with Crippen LogP contribution in [0.1, 0.15) is 34.8 Å². The second-order valence-corrected chi connectivity index (χ2v) is 7.32. The van der Waals surface area contributed by atoms with Crippen molar-refractivity contribution < 1.29 is 14.3 Å². The number of hydrogen-bond acceptors (Lipinski definition) is 4. The van der Waals surface area contributed by atoms with E-state index in [2.05, 4.69) is 22.4 Å². The van der Waals surface area contributed by atoms with Gasteiger partial charge in [0, 0.05) is 23.9 Å². The largest absolute Gasteiger partial charge is 0.496 e. The molecule has 0 bridgehead atoms. The number of rotatable bonds is 6. The van der Waals surface area contributed by atoms with E-state index in [9.17, 15) is 4.79 Å². The average Bonchev–Trinajstić information content (AvgIpc) is 3.38. The van der Waals surface area contributed by atoms with Crippen LogP contribution in [0.15, 0.2) is 55.0 Å². The van der Waals surface area contributed by atoms with Gasteiger partial charge in [0.2, 0.25) is 5.91 Å². The van der Waals surface area contributed by atoms with Gasteiger partial charge in [-0.15, -0.1) is 0 Å². The summed E-state index contributed by atoms with van der Waals surface area (Å²) >= 11 is 0. The van der Waals surface area contributed by atoms with Crippen LogP contribution in [0.4, 0.5) is 0 Å². The zero-order valence-electron chi connectivity index (χ0n) is 17.4. The summed E-state index contributed by atoms with van der Waals surface area (Å²) in [4.78, 5) is 16.8. The summed E-state index contributed by atoms with van der Waals surface area (Å²) in [6.45, 7) is 1.93. The molecule has 154 valence electrons. The highest BCUT2D eigenvalue weighted by Crippen LogP contribution is 2.33. The highest BCUT2D eigenvalue weighted by atomic mass is 16.5. The third kappa shape index (κ3) is 3.94. The van der Waals surface area contributed by atoms with E-state index >= 15 is 0 Å². The van der Waals surface area contributed by atoms with Crippen molar-refractivity contribution in [3.05, 3.63) is 77.4 Å². The lowest BCUT2D eigenvalue weighted by Crippen LogP contribution is -2.25. The number of aryl methyl sites for hydroxylation is 2. The SMILES string of the molecule is COc1cc(-n2cnc(C)c2)c(OC)cc1C=CC(=O)NC1CCc2ccccc21. The fourth-order valence-corrected chi connectivity index (χ4v) is 3.88. The molecule has 0 radical (unpaired) electrons. The lowest BCUT2D eigenvalue weighted by molar-refractivity contribution is -0.117. The molecule has 0 aliphatic heterocycles. The number of aromatic nitrogens is 2. The van der Waals surface area contributed by atoms with Crippen LogP contribution in [-0.2, 0) is 11.2 Å². The zero-order chi connectivity index (χ0) is 21.1. The minimum Gasteiger partial charge on any atom is -0.496 e. The van der Waals surface area contributed by atoms with E-state index in [4.69, 9.17) is 9.47 Å². The van der Waals surface area contributed by atoms with Gasteiger partial charge in [0.15, 0.2) is 0 Å². The molecule has 1 N–H and O–H groups in total. The number of methoxy groups -OCH3 is 2. The Morgan fingerprint density at radius 2 is 2.00 bits per heavy atom. The number of carbonyl (C=O) groups excluding carboxylic acids is 1. The molecule has 0 saturated heterocycles. The Morgan fingerprint density at radius 1 is 1.20 bits per heavy atom. The third-order valence-corrected chi connectivity index (χ3v) is 5.38. The van der Waals surface area contributed by atoms with Crippen molar-refractivity contribution in [2.75, 3.05) is 14.2 Å². The highest BCUT2D eigenvalue weighted by Gasteiger charge is 2.22. The predicted octanol–water partition coefficient (Wildman–Crippen LogP) is 4.01. The van der Waals surface area contributed by atoms with Gasteiger partial charge < -0.3 is 19.4 Å². The summed E-state index contributed by atoms with van der Waals surface area (Å²) in [5.41, 5.74) is 5.00. The second-order valence-electron chi connectivity index (χ2n) is 7.32. The zero-order valence-corrected chi connectivity index (χ0v) is 17.4. The minimum absolute atomic E-state index is 0.0571. The van der Waals surface area contributed by atoms with E-state index in [1.165, 1.54) is 11.1 Å². The first-order valence-electron chi connectivity index (χ1n) is 9.92. The summed E-state index contributed by atoms with van der Waals surface area (Å²) < 4.78 is 13.0. The smallest absolute Gasteiger partial charge is 0.244 e. The predicted molar refractivity (Wildman–Crippen MR) is 116 cm³/mol. The molecular weight excluding hydrogens is 378 g/mol. The molecule has 1 atom stereocenters. The van der Waals surface area contributed by atoms with Crippen LogP contribution in [0.25, 0.3) is 11.8 Å². The normalized spacial score (nSPS) is 15.2. The minimum atomic E-state index is -0.132. The van der Waals surface area contributed by atoms with Crippen molar-refractivity contribution in [1.29, 1.82) is 0 Å². The molecule has 1 unspecified atom stereocenters. The molecule has 1 aromatic heterocycles. The molecule has 2 aromatic carbocycles. The summed E-state index contributed by atoms with van der Waals surface area (Å²) in [7, 11) is 3.23.